The van der Waals surface area contributed by atoms with E-state index < -0.39 is 0 Å². The molecule has 0 atom stereocenters. The monoisotopic (exact) mass is 337 g/mol. The summed E-state index contributed by atoms with van der Waals surface area (Å²) < 4.78 is 0. The van der Waals surface area contributed by atoms with Crippen LogP contribution in [0.1, 0.15) is 36.1 Å². The Kier molecular flexibility index (Phi) is 6.68. The van der Waals surface area contributed by atoms with Crippen molar-refractivity contribution in [1.82, 2.24) is 9.88 Å². The van der Waals surface area contributed by atoms with Crippen molar-refractivity contribution in [3.05, 3.63) is 47.0 Å². The fraction of sp³-hybridized carbons (Fsp3) is 0.471. The number of benzene rings is 1. The van der Waals surface area contributed by atoms with Crippen LogP contribution in [0.4, 0.5) is 5.13 Å². The molecule has 1 aliphatic carbocycles. The zero-order chi connectivity index (χ0) is 14.5. The highest BCUT2D eigenvalue weighted by atomic mass is 35.5. The van der Waals surface area contributed by atoms with E-state index in [1.54, 1.807) is 11.3 Å². The maximum Gasteiger partial charge on any atom is 0.180 e. The van der Waals surface area contributed by atoms with Crippen LogP contribution in [0, 0.1) is 0 Å². The number of hydrogen-bond donors (Lipinski definition) is 1. The molecule has 1 fully saturated rings. The Hall–Kier alpha value is -1.10. The molecule has 0 unspecified atom stereocenters. The maximum atomic E-state index is 5.76. The van der Waals surface area contributed by atoms with Crippen LogP contribution in [0.3, 0.4) is 0 Å². The van der Waals surface area contributed by atoms with Gasteiger partial charge in [-0.3, -0.25) is 4.90 Å². The Balaban J connectivity index is 0.00000176. The number of hydrogen-bond acceptors (Lipinski definition) is 4. The second-order valence-corrected chi connectivity index (χ2v) is 6.96. The third kappa shape index (κ3) is 4.70. The fourth-order valence-corrected chi connectivity index (χ4v) is 3.88. The number of halogens is 1. The molecular formula is C17H24ClN3S. The van der Waals surface area contributed by atoms with Gasteiger partial charge in [-0.25, -0.2) is 4.98 Å². The van der Waals surface area contributed by atoms with Crippen LogP contribution in [-0.4, -0.2) is 22.5 Å². The average molecular weight is 338 g/mol. The quantitative estimate of drug-likeness (QED) is 0.861. The van der Waals surface area contributed by atoms with Crippen molar-refractivity contribution in [2.24, 2.45) is 0 Å². The molecule has 2 aromatic rings. The Morgan fingerprint density at radius 3 is 2.55 bits per heavy atom. The molecule has 0 aliphatic heterocycles. The average Bonchev–Trinajstić information content (AvgIpc) is 3.16. The zero-order valence-electron chi connectivity index (χ0n) is 12.8. The molecule has 3 nitrogen and oxygen atoms in total. The third-order valence-electron chi connectivity index (χ3n) is 4.30. The molecule has 22 heavy (non-hydrogen) atoms. The van der Waals surface area contributed by atoms with Gasteiger partial charge in [0.15, 0.2) is 5.13 Å². The zero-order valence-corrected chi connectivity index (χ0v) is 14.4. The van der Waals surface area contributed by atoms with E-state index in [0.717, 1.165) is 25.6 Å². The summed E-state index contributed by atoms with van der Waals surface area (Å²) >= 11 is 1.62. The third-order valence-corrected chi connectivity index (χ3v) is 5.11. The fourth-order valence-electron chi connectivity index (χ4n) is 3.17. The minimum absolute atomic E-state index is 0. The van der Waals surface area contributed by atoms with Crippen molar-refractivity contribution in [2.75, 3.05) is 12.3 Å². The van der Waals surface area contributed by atoms with Gasteiger partial charge in [-0.2, -0.15) is 0 Å². The number of nitrogens with two attached hydrogens (primary N) is 1. The van der Waals surface area contributed by atoms with Gasteiger partial charge in [0.25, 0.3) is 0 Å². The van der Waals surface area contributed by atoms with Gasteiger partial charge in [0.05, 0.1) is 0 Å². The normalized spacial score (nSPS) is 15.1. The molecule has 0 radical (unpaired) electrons. The van der Waals surface area contributed by atoms with Gasteiger partial charge in [0.2, 0.25) is 0 Å². The van der Waals surface area contributed by atoms with E-state index in [4.69, 9.17) is 5.73 Å². The lowest BCUT2D eigenvalue weighted by atomic mass is 10.1. The summed E-state index contributed by atoms with van der Waals surface area (Å²) in [6.45, 7) is 2.11. The Morgan fingerprint density at radius 2 is 1.91 bits per heavy atom. The van der Waals surface area contributed by atoms with Gasteiger partial charge >= 0.3 is 0 Å². The minimum Gasteiger partial charge on any atom is -0.375 e. The van der Waals surface area contributed by atoms with Crippen molar-refractivity contribution in [2.45, 2.75) is 44.7 Å². The van der Waals surface area contributed by atoms with Crippen LogP contribution in [0.2, 0.25) is 0 Å². The lowest BCUT2D eigenvalue weighted by Gasteiger charge is -2.28. The molecule has 120 valence electrons. The van der Waals surface area contributed by atoms with Crippen LogP contribution in [-0.2, 0) is 13.0 Å². The van der Waals surface area contributed by atoms with Crippen LogP contribution < -0.4 is 5.73 Å². The number of nitrogens with zero attached hydrogens (tertiary/aromatic N) is 2. The molecule has 0 spiro atoms. The summed E-state index contributed by atoms with van der Waals surface area (Å²) in [5.41, 5.74) is 7.18. The van der Waals surface area contributed by atoms with E-state index in [9.17, 15) is 0 Å². The topological polar surface area (TPSA) is 42.1 Å². The van der Waals surface area contributed by atoms with Crippen molar-refractivity contribution < 1.29 is 0 Å². The number of thiazole rings is 1. The molecule has 0 amide bonds. The van der Waals surface area contributed by atoms with Crippen molar-refractivity contribution in [1.29, 1.82) is 0 Å². The van der Waals surface area contributed by atoms with Crippen molar-refractivity contribution >= 4 is 28.9 Å². The van der Waals surface area contributed by atoms with Crippen LogP contribution >= 0.6 is 23.7 Å². The maximum absolute atomic E-state index is 5.76. The molecule has 1 aliphatic rings. The lowest BCUT2D eigenvalue weighted by molar-refractivity contribution is 0.193. The van der Waals surface area contributed by atoms with Gasteiger partial charge in [-0.1, -0.05) is 43.2 Å². The molecule has 3 rings (SSSR count). The molecule has 0 saturated heterocycles. The lowest BCUT2D eigenvalue weighted by Crippen LogP contribution is -2.34. The summed E-state index contributed by atoms with van der Waals surface area (Å²) in [5.74, 6) is 0. The second kappa shape index (κ2) is 8.51. The summed E-state index contributed by atoms with van der Waals surface area (Å²) in [5, 5.41) is 0.680. The first kappa shape index (κ1) is 17.3. The van der Waals surface area contributed by atoms with E-state index >= 15 is 0 Å². The molecule has 5 heteroatoms. The Labute approximate surface area is 143 Å². The molecule has 1 aromatic heterocycles. The summed E-state index contributed by atoms with van der Waals surface area (Å²) in [7, 11) is 0. The molecule has 0 bridgehead atoms. The van der Waals surface area contributed by atoms with E-state index in [1.807, 2.05) is 6.20 Å². The second-order valence-electron chi connectivity index (χ2n) is 5.81. The van der Waals surface area contributed by atoms with Gasteiger partial charge in [0.1, 0.15) is 0 Å². The smallest absolute Gasteiger partial charge is 0.180 e. The highest BCUT2D eigenvalue weighted by Gasteiger charge is 2.23. The Bertz CT molecular complexity index is 552. The van der Waals surface area contributed by atoms with Gasteiger partial charge in [-0.05, 0) is 24.8 Å². The molecule has 1 aromatic carbocycles. The van der Waals surface area contributed by atoms with Gasteiger partial charge in [-0.15, -0.1) is 23.7 Å². The van der Waals surface area contributed by atoms with Crippen LogP contribution in [0.25, 0.3) is 0 Å². The predicted molar refractivity (Wildman–Crippen MR) is 96.6 cm³/mol. The largest absolute Gasteiger partial charge is 0.375 e. The molecule has 1 heterocycles. The first-order chi connectivity index (χ1) is 10.3. The van der Waals surface area contributed by atoms with E-state index in [1.165, 1.54) is 36.1 Å². The van der Waals surface area contributed by atoms with Crippen molar-refractivity contribution in [3.63, 3.8) is 0 Å². The van der Waals surface area contributed by atoms with E-state index in [-0.39, 0.29) is 12.4 Å². The first-order valence-electron chi connectivity index (χ1n) is 7.79. The van der Waals surface area contributed by atoms with Crippen LogP contribution in [0.5, 0.6) is 0 Å². The highest BCUT2D eigenvalue weighted by Crippen LogP contribution is 2.26. The molecule has 2 N–H and O–H groups in total. The molecule has 1 saturated carbocycles. The van der Waals surface area contributed by atoms with Crippen LogP contribution in [0.15, 0.2) is 36.5 Å². The van der Waals surface area contributed by atoms with E-state index in [0.29, 0.717) is 5.13 Å². The first-order valence-corrected chi connectivity index (χ1v) is 8.61. The van der Waals surface area contributed by atoms with Gasteiger partial charge < -0.3 is 5.73 Å². The van der Waals surface area contributed by atoms with Crippen molar-refractivity contribution in [3.8, 4) is 0 Å². The summed E-state index contributed by atoms with van der Waals surface area (Å²) in [6, 6.07) is 11.5. The highest BCUT2D eigenvalue weighted by molar-refractivity contribution is 7.15. The number of rotatable bonds is 6. The Morgan fingerprint density at radius 1 is 1.18 bits per heavy atom. The molecular weight excluding hydrogens is 314 g/mol. The summed E-state index contributed by atoms with van der Waals surface area (Å²) in [4.78, 5) is 8.10. The number of anilines is 1. The predicted octanol–water partition coefficient (Wildman–Crippen LogP) is 4.13. The number of nitrogen functional groups attached to an aromatic ring is 1. The van der Waals surface area contributed by atoms with E-state index in [2.05, 4.69) is 40.2 Å². The minimum atomic E-state index is 0. The summed E-state index contributed by atoms with van der Waals surface area (Å²) in [6.07, 6.45) is 8.47. The van der Waals surface area contributed by atoms with Gasteiger partial charge in [0, 0.05) is 30.2 Å². The SMILES string of the molecule is Cl.Nc1ncc(CN(CCc2ccccc2)C2CCCC2)s1. The number of aromatic nitrogens is 1. The standard InChI is InChI=1S/C17H23N3S.ClH/c18-17-19-12-16(21-17)13-20(15-8-4-5-9-15)11-10-14-6-2-1-3-7-14;/h1-3,6-7,12,15H,4-5,8-11,13H2,(H2,18,19);1H.